The van der Waals surface area contributed by atoms with Gasteiger partial charge in [-0.1, -0.05) is 13.8 Å². The highest BCUT2D eigenvalue weighted by Gasteiger charge is 2.29. The van der Waals surface area contributed by atoms with Gasteiger partial charge in [-0.05, 0) is 18.8 Å². The van der Waals surface area contributed by atoms with Crippen LogP contribution in [0.15, 0.2) is 0 Å². The molecule has 7 nitrogen and oxygen atoms in total. The third-order valence-electron chi connectivity index (χ3n) is 3.66. The zero-order valence-corrected chi connectivity index (χ0v) is 13.0. The van der Waals surface area contributed by atoms with Crippen molar-refractivity contribution in [2.75, 3.05) is 30.8 Å². The first-order valence-electron chi connectivity index (χ1n) is 7.39. The van der Waals surface area contributed by atoms with E-state index in [2.05, 4.69) is 18.9 Å². The lowest BCUT2D eigenvalue weighted by Gasteiger charge is -2.31. The number of rotatable bonds is 4. The smallest absolute Gasteiger partial charge is 0.345 e. The van der Waals surface area contributed by atoms with Crippen LogP contribution in [0.5, 0.6) is 0 Å². The Hall–Kier alpha value is -1.76. The first-order chi connectivity index (χ1) is 9.93. The first kappa shape index (κ1) is 15.6. The lowest BCUT2D eigenvalue weighted by atomic mass is 10.1. The van der Waals surface area contributed by atoms with Crippen LogP contribution in [0.25, 0.3) is 0 Å². The van der Waals surface area contributed by atoms with E-state index in [1.54, 1.807) is 4.68 Å². The topological polar surface area (TPSA) is 99.4 Å². The molecule has 2 rings (SSSR count). The maximum atomic E-state index is 12.1. The molecule has 0 saturated carbocycles. The van der Waals surface area contributed by atoms with Gasteiger partial charge in [-0.25, -0.2) is 9.48 Å². The average molecular weight is 295 g/mol. The number of piperidine rings is 1. The first-order valence-corrected chi connectivity index (χ1v) is 7.39. The standard InChI is InChI=1S/C14H25N5O2/c1-9(2)7-19-12(16)11(14(20)21-3)13(17-19)18-6-4-5-10(15)8-18/h9-10H,4-8,15-16H2,1-3H3. The van der Waals surface area contributed by atoms with E-state index in [0.29, 0.717) is 36.2 Å². The molecule has 0 spiro atoms. The van der Waals surface area contributed by atoms with Crippen molar-refractivity contribution in [2.45, 2.75) is 39.3 Å². The number of hydrogen-bond donors (Lipinski definition) is 2. The second-order valence-corrected chi connectivity index (χ2v) is 6.00. The molecule has 0 radical (unpaired) electrons. The molecule has 21 heavy (non-hydrogen) atoms. The molecule has 1 aliphatic rings. The second kappa shape index (κ2) is 6.34. The summed E-state index contributed by atoms with van der Waals surface area (Å²) in [6.45, 7) is 6.33. The number of anilines is 2. The van der Waals surface area contributed by atoms with E-state index in [4.69, 9.17) is 16.2 Å². The Labute approximate surface area is 125 Å². The number of carbonyl (C=O) groups excluding carboxylic acids is 1. The second-order valence-electron chi connectivity index (χ2n) is 6.00. The fourth-order valence-electron chi connectivity index (χ4n) is 2.67. The summed E-state index contributed by atoms with van der Waals surface area (Å²) >= 11 is 0. The van der Waals surface area contributed by atoms with Crippen LogP contribution >= 0.6 is 0 Å². The van der Waals surface area contributed by atoms with Crippen LogP contribution in [0, 0.1) is 5.92 Å². The van der Waals surface area contributed by atoms with Gasteiger partial charge in [-0.15, -0.1) is 0 Å². The molecule has 2 heterocycles. The quantitative estimate of drug-likeness (QED) is 0.798. The highest BCUT2D eigenvalue weighted by Crippen LogP contribution is 2.28. The minimum atomic E-state index is -0.448. The lowest BCUT2D eigenvalue weighted by Crippen LogP contribution is -2.43. The van der Waals surface area contributed by atoms with Crippen LogP contribution in [0.3, 0.4) is 0 Å². The van der Waals surface area contributed by atoms with E-state index in [-0.39, 0.29) is 6.04 Å². The van der Waals surface area contributed by atoms with Crippen LogP contribution in [0.1, 0.15) is 37.0 Å². The fourth-order valence-corrected chi connectivity index (χ4v) is 2.67. The van der Waals surface area contributed by atoms with E-state index >= 15 is 0 Å². The zero-order valence-electron chi connectivity index (χ0n) is 13.0. The van der Waals surface area contributed by atoms with Crippen molar-refractivity contribution in [3.8, 4) is 0 Å². The Morgan fingerprint density at radius 3 is 2.81 bits per heavy atom. The van der Waals surface area contributed by atoms with E-state index in [1.165, 1.54) is 7.11 Å². The molecule has 0 aliphatic carbocycles. The maximum Gasteiger partial charge on any atom is 0.345 e. The minimum absolute atomic E-state index is 0.0979. The number of ether oxygens (including phenoxy) is 1. The summed E-state index contributed by atoms with van der Waals surface area (Å²) in [6.07, 6.45) is 1.98. The van der Waals surface area contributed by atoms with Gasteiger partial charge in [0.05, 0.1) is 7.11 Å². The van der Waals surface area contributed by atoms with Gasteiger partial charge >= 0.3 is 5.97 Å². The summed E-state index contributed by atoms with van der Waals surface area (Å²) in [5.41, 5.74) is 12.5. The molecular weight excluding hydrogens is 270 g/mol. The number of nitrogens with two attached hydrogens (primary N) is 2. The number of hydrogen-bond acceptors (Lipinski definition) is 6. The van der Waals surface area contributed by atoms with Crippen molar-refractivity contribution >= 4 is 17.6 Å². The van der Waals surface area contributed by atoms with Crippen molar-refractivity contribution in [3.63, 3.8) is 0 Å². The van der Waals surface area contributed by atoms with Crippen molar-refractivity contribution in [2.24, 2.45) is 11.7 Å². The molecule has 0 aromatic carbocycles. The molecule has 0 amide bonds. The average Bonchev–Trinajstić information content (AvgIpc) is 2.75. The number of esters is 1. The Morgan fingerprint density at radius 1 is 1.52 bits per heavy atom. The third kappa shape index (κ3) is 3.29. The zero-order chi connectivity index (χ0) is 15.6. The van der Waals surface area contributed by atoms with Gasteiger partial charge in [0.2, 0.25) is 0 Å². The highest BCUT2D eigenvalue weighted by atomic mass is 16.5. The summed E-state index contributed by atoms with van der Waals surface area (Å²) in [5.74, 6) is 0.894. The summed E-state index contributed by atoms with van der Waals surface area (Å²) in [5, 5.41) is 4.54. The lowest BCUT2D eigenvalue weighted by molar-refractivity contribution is 0.0602. The summed E-state index contributed by atoms with van der Waals surface area (Å²) in [7, 11) is 1.35. The van der Waals surface area contributed by atoms with Crippen LogP contribution in [-0.2, 0) is 11.3 Å². The van der Waals surface area contributed by atoms with Crippen LogP contribution in [0.4, 0.5) is 11.6 Å². The minimum Gasteiger partial charge on any atom is -0.465 e. The van der Waals surface area contributed by atoms with Crippen molar-refractivity contribution < 1.29 is 9.53 Å². The number of aromatic nitrogens is 2. The molecule has 4 N–H and O–H groups in total. The molecule has 7 heteroatoms. The van der Waals surface area contributed by atoms with E-state index in [1.807, 2.05) is 4.90 Å². The van der Waals surface area contributed by atoms with E-state index in [0.717, 1.165) is 19.4 Å². The molecule has 1 aromatic rings. The Morgan fingerprint density at radius 2 is 2.24 bits per heavy atom. The predicted molar refractivity (Wildman–Crippen MR) is 82.2 cm³/mol. The largest absolute Gasteiger partial charge is 0.465 e. The van der Waals surface area contributed by atoms with Gasteiger partial charge in [0.1, 0.15) is 11.4 Å². The highest BCUT2D eigenvalue weighted by molar-refractivity contribution is 5.99. The van der Waals surface area contributed by atoms with Crippen LogP contribution < -0.4 is 16.4 Å². The van der Waals surface area contributed by atoms with Gasteiger partial charge in [-0.3, -0.25) is 0 Å². The van der Waals surface area contributed by atoms with E-state index in [9.17, 15) is 4.79 Å². The monoisotopic (exact) mass is 295 g/mol. The molecule has 1 fully saturated rings. The molecule has 1 aromatic heterocycles. The summed E-state index contributed by atoms with van der Waals surface area (Å²) in [6, 6.07) is 0.0979. The maximum absolute atomic E-state index is 12.1. The number of nitrogen functional groups attached to an aromatic ring is 1. The summed E-state index contributed by atoms with van der Waals surface area (Å²) in [4.78, 5) is 14.1. The Bertz CT molecular complexity index is 512. The van der Waals surface area contributed by atoms with Gasteiger partial charge in [0, 0.05) is 25.7 Å². The molecule has 1 aliphatic heterocycles. The van der Waals surface area contributed by atoms with Crippen molar-refractivity contribution in [1.29, 1.82) is 0 Å². The van der Waals surface area contributed by atoms with Crippen LogP contribution in [-0.4, -0.2) is 42.0 Å². The summed E-state index contributed by atoms with van der Waals surface area (Å²) < 4.78 is 6.55. The van der Waals surface area contributed by atoms with Crippen molar-refractivity contribution in [3.05, 3.63) is 5.56 Å². The Balaban J connectivity index is 2.40. The van der Waals surface area contributed by atoms with Gasteiger partial charge in [0.15, 0.2) is 5.82 Å². The normalized spacial score (nSPS) is 19.1. The predicted octanol–water partition coefficient (Wildman–Crippen LogP) is 0.835. The molecule has 1 atom stereocenters. The molecule has 0 bridgehead atoms. The fraction of sp³-hybridized carbons (Fsp3) is 0.714. The van der Waals surface area contributed by atoms with Crippen molar-refractivity contribution in [1.82, 2.24) is 9.78 Å². The number of methoxy groups -OCH3 is 1. The van der Waals surface area contributed by atoms with Crippen LogP contribution in [0.2, 0.25) is 0 Å². The van der Waals surface area contributed by atoms with Gasteiger partial charge < -0.3 is 21.1 Å². The molecular formula is C14H25N5O2. The molecule has 1 saturated heterocycles. The SMILES string of the molecule is COC(=O)c1c(N2CCCC(N)C2)nn(CC(C)C)c1N. The van der Waals surface area contributed by atoms with Gasteiger partial charge in [0.25, 0.3) is 0 Å². The van der Waals surface area contributed by atoms with E-state index < -0.39 is 5.97 Å². The molecule has 118 valence electrons. The van der Waals surface area contributed by atoms with Gasteiger partial charge in [-0.2, -0.15) is 5.10 Å². The third-order valence-corrected chi connectivity index (χ3v) is 3.66. The number of nitrogens with zero attached hydrogens (tertiary/aromatic N) is 3. The molecule has 1 unspecified atom stereocenters. The Kier molecular flexibility index (Phi) is 4.72. The number of carbonyl (C=O) groups is 1.